The Kier molecular flexibility index (Phi) is 9.46. The second kappa shape index (κ2) is 11.3. The number of alkyl carbamates (subject to hydrolysis) is 1. The number of rotatable bonds is 10. The van der Waals surface area contributed by atoms with Gasteiger partial charge in [-0.2, -0.15) is 0 Å². The summed E-state index contributed by atoms with van der Waals surface area (Å²) in [4.78, 5) is 23.2. The van der Waals surface area contributed by atoms with E-state index in [0.717, 1.165) is 0 Å². The van der Waals surface area contributed by atoms with Crippen LogP contribution >= 0.6 is 0 Å². The molecule has 0 aliphatic rings. The highest BCUT2D eigenvalue weighted by Crippen LogP contribution is 2.04. The van der Waals surface area contributed by atoms with Gasteiger partial charge in [0.2, 0.25) is 0 Å². The monoisotopic (exact) mass is 367 g/mol. The fraction of sp³-hybridized carbons (Fsp3) is 0.556. The Bertz CT molecular complexity index is 555. The molecular weight excluding hydrogens is 338 g/mol. The van der Waals surface area contributed by atoms with E-state index >= 15 is 0 Å². The van der Waals surface area contributed by atoms with Crippen molar-refractivity contribution in [1.29, 1.82) is 0 Å². The Morgan fingerprint density at radius 1 is 0.962 bits per heavy atom. The van der Waals surface area contributed by atoms with Crippen LogP contribution < -0.4 is 16.4 Å². The number of carbonyl (C=O) groups excluding carboxylic acids is 2. The zero-order valence-electron chi connectivity index (χ0n) is 15.7. The van der Waals surface area contributed by atoms with Gasteiger partial charge in [-0.15, -0.1) is 0 Å². The van der Waals surface area contributed by atoms with Crippen LogP contribution in [0.3, 0.4) is 0 Å². The van der Waals surface area contributed by atoms with Crippen molar-refractivity contribution in [3.8, 4) is 0 Å². The van der Waals surface area contributed by atoms with E-state index in [4.69, 9.17) is 19.9 Å². The smallest absolute Gasteiger partial charge is 0.407 e. The highest BCUT2D eigenvalue weighted by atomic mass is 16.6. The number of anilines is 1. The van der Waals surface area contributed by atoms with Crippen LogP contribution in [0.2, 0.25) is 0 Å². The summed E-state index contributed by atoms with van der Waals surface area (Å²) < 4.78 is 15.6. The molecule has 1 aromatic carbocycles. The van der Waals surface area contributed by atoms with E-state index < -0.39 is 6.09 Å². The molecule has 0 radical (unpaired) electrons. The minimum atomic E-state index is -0.464. The van der Waals surface area contributed by atoms with Crippen molar-refractivity contribution in [2.75, 3.05) is 45.3 Å². The minimum Gasteiger partial charge on any atom is -0.447 e. The number of nitrogens with two attached hydrogens (primary N) is 1. The lowest BCUT2D eigenvalue weighted by Gasteiger charge is -2.19. The summed E-state index contributed by atoms with van der Waals surface area (Å²) in [5.41, 5.74) is 6.42. The number of ether oxygens (including phenoxy) is 3. The number of carbonyl (C=O) groups is 2. The molecule has 0 bridgehead atoms. The maximum Gasteiger partial charge on any atom is 0.407 e. The zero-order chi connectivity index (χ0) is 19.4. The molecule has 0 saturated heterocycles. The Hall–Kier alpha value is -2.32. The Balaban J connectivity index is 1.94. The summed E-state index contributed by atoms with van der Waals surface area (Å²) in [6, 6.07) is 6.70. The van der Waals surface area contributed by atoms with E-state index in [9.17, 15) is 9.59 Å². The third-order valence-corrected chi connectivity index (χ3v) is 3.01. The van der Waals surface area contributed by atoms with Crippen LogP contribution in [0, 0.1) is 0 Å². The largest absolute Gasteiger partial charge is 0.447 e. The average Bonchev–Trinajstić information content (AvgIpc) is 2.55. The molecule has 0 saturated carbocycles. The van der Waals surface area contributed by atoms with Crippen LogP contribution in [0.1, 0.15) is 31.1 Å². The van der Waals surface area contributed by atoms with Gasteiger partial charge >= 0.3 is 6.09 Å². The van der Waals surface area contributed by atoms with Crippen molar-refractivity contribution in [1.82, 2.24) is 10.6 Å². The predicted octanol–water partition coefficient (Wildman–Crippen LogP) is 1.56. The highest BCUT2D eigenvalue weighted by molar-refractivity contribution is 5.94. The standard InChI is InChI=1S/C18H29N3O5/c1-18(2,3)21-17(23)26-13-12-25-11-10-24-9-8-20-16(22)14-4-6-15(19)7-5-14/h4-7H,8-13,19H2,1-3H3,(H,20,22)(H,21,23). The van der Waals surface area contributed by atoms with Crippen LogP contribution in [0.15, 0.2) is 24.3 Å². The van der Waals surface area contributed by atoms with Crippen molar-refractivity contribution in [3.63, 3.8) is 0 Å². The molecule has 0 unspecified atom stereocenters. The summed E-state index contributed by atoms with van der Waals surface area (Å²) in [5.74, 6) is -0.171. The van der Waals surface area contributed by atoms with Crippen LogP contribution in [0.4, 0.5) is 10.5 Å². The normalized spacial score (nSPS) is 11.0. The average molecular weight is 367 g/mol. The van der Waals surface area contributed by atoms with Crippen molar-refractivity contribution >= 4 is 17.7 Å². The molecular formula is C18H29N3O5. The number of benzene rings is 1. The predicted molar refractivity (Wildman–Crippen MR) is 99.1 cm³/mol. The molecule has 0 aliphatic heterocycles. The Morgan fingerprint density at radius 2 is 1.54 bits per heavy atom. The van der Waals surface area contributed by atoms with Crippen molar-refractivity contribution in [3.05, 3.63) is 29.8 Å². The summed E-state index contributed by atoms with van der Waals surface area (Å²) >= 11 is 0. The Morgan fingerprint density at radius 3 is 2.15 bits per heavy atom. The van der Waals surface area contributed by atoms with E-state index in [0.29, 0.717) is 44.2 Å². The first-order chi connectivity index (χ1) is 12.3. The lowest BCUT2D eigenvalue weighted by Crippen LogP contribution is -2.41. The molecule has 0 aliphatic carbocycles. The first-order valence-electron chi connectivity index (χ1n) is 8.52. The number of hydrogen-bond donors (Lipinski definition) is 3. The first-order valence-corrected chi connectivity index (χ1v) is 8.52. The topological polar surface area (TPSA) is 112 Å². The summed E-state index contributed by atoms with van der Waals surface area (Å²) in [6.45, 7) is 7.67. The van der Waals surface area contributed by atoms with E-state index in [1.54, 1.807) is 24.3 Å². The molecule has 1 rings (SSSR count). The van der Waals surface area contributed by atoms with Gasteiger partial charge < -0.3 is 30.6 Å². The third kappa shape index (κ3) is 10.5. The fourth-order valence-electron chi connectivity index (χ4n) is 1.83. The number of hydrogen-bond acceptors (Lipinski definition) is 6. The van der Waals surface area contributed by atoms with Crippen molar-refractivity contribution in [2.45, 2.75) is 26.3 Å². The van der Waals surface area contributed by atoms with Gasteiger partial charge in [-0.3, -0.25) is 4.79 Å². The lowest BCUT2D eigenvalue weighted by atomic mass is 10.1. The Labute approximate surface area is 154 Å². The number of nitrogens with one attached hydrogen (secondary N) is 2. The molecule has 8 heteroatoms. The SMILES string of the molecule is CC(C)(C)NC(=O)OCCOCCOCCNC(=O)c1ccc(N)cc1. The van der Waals surface area contributed by atoms with Gasteiger partial charge in [-0.1, -0.05) is 0 Å². The molecule has 26 heavy (non-hydrogen) atoms. The molecule has 0 fully saturated rings. The van der Waals surface area contributed by atoms with Crippen LogP contribution in [-0.2, 0) is 14.2 Å². The molecule has 0 aromatic heterocycles. The molecule has 0 spiro atoms. The molecule has 2 amide bonds. The van der Waals surface area contributed by atoms with Crippen LogP contribution in [-0.4, -0.2) is 57.1 Å². The van der Waals surface area contributed by atoms with Gasteiger partial charge in [0.15, 0.2) is 0 Å². The van der Waals surface area contributed by atoms with Crippen molar-refractivity contribution < 1.29 is 23.8 Å². The molecule has 0 atom stereocenters. The zero-order valence-corrected chi connectivity index (χ0v) is 15.7. The van der Waals surface area contributed by atoms with Crippen LogP contribution in [0.25, 0.3) is 0 Å². The van der Waals surface area contributed by atoms with Gasteiger partial charge in [0.05, 0.1) is 26.4 Å². The van der Waals surface area contributed by atoms with Gasteiger partial charge in [0, 0.05) is 23.3 Å². The number of amides is 2. The maximum atomic E-state index is 11.8. The lowest BCUT2D eigenvalue weighted by molar-refractivity contribution is 0.0279. The van der Waals surface area contributed by atoms with Gasteiger partial charge in [-0.25, -0.2) is 4.79 Å². The molecule has 1 aromatic rings. The second-order valence-corrected chi connectivity index (χ2v) is 6.61. The quantitative estimate of drug-likeness (QED) is 0.427. The van der Waals surface area contributed by atoms with E-state index in [1.807, 2.05) is 20.8 Å². The van der Waals surface area contributed by atoms with Crippen LogP contribution in [0.5, 0.6) is 0 Å². The first kappa shape index (κ1) is 21.7. The summed E-state index contributed by atoms with van der Waals surface area (Å²) in [7, 11) is 0. The molecule has 4 N–H and O–H groups in total. The summed E-state index contributed by atoms with van der Waals surface area (Å²) in [6.07, 6.45) is -0.464. The van der Waals surface area contributed by atoms with E-state index in [-0.39, 0.29) is 18.1 Å². The molecule has 8 nitrogen and oxygen atoms in total. The maximum absolute atomic E-state index is 11.8. The van der Waals surface area contributed by atoms with E-state index in [2.05, 4.69) is 10.6 Å². The van der Waals surface area contributed by atoms with Gasteiger partial charge in [-0.05, 0) is 45.0 Å². The molecule has 146 valence electrons. The summed E-state index contributed by atoms with van der Waals surface area (Å²) in [5, 5.41) is 5.44. The highest BCUT2D eigenvalue weighted by Gasteiger charge is 2.14. The number of nitrogen functional groups attached to an aromatic ring is 1. The fourth-order valence-corrected chi connectivity index (χ4v) is 1.83. The second-order valence-electron chi connectivity index (χ2n) is 6.61. The van der Waals surface area contributed by atoms with Gasteiger partial charge in [0.25, 0.3) is 5.91 Å². The third-order valence-electron chi connectivity index (χ3n) is 3.01. The van der Waals surface area contributed by atoms with Crippen molar-refractivity contribution in [2.24, 2.45) is 0 Å². The van der Waals surface area contributed by atoms with E-state index in [1.165, 1.54) is 0 Å². The van der Waals surface area contributed by atoms with Gasteiger partial charge in [0.1, 0.15) is 6.61 Å². The molecule has 0 heterocycles. The minimum absolute atomic E-state index is 0.171.